The molecule has 2 aromatic rings. The summed E-state index contributed by atoms with van der Waals surface area (Å²) in [5.41, 5.74) is 1.81. The predicted octanol–water partition coefficient (Wildman–Crippen LogP) is 4.49. The van der Waals surface area contributed by atoms with E-state index in [-0.39, 0.29) is 6.61 Å². The van der Waals surface area contributed by atoms with Crippen LogP contribution in [0, 0.1) is 11.3 Å². The summed E-state index contributed by atoms with van der Waals surface area (Å²) >= 11 is 0. The second-order valence-corrected chi connectivity index (χ2v) is 4.79. The van der Waals surface area contributed by atoms with Crippen LogP contribution in [-0.4, -0.2) is 0 Å². The zero-order valence-electron chi connectivity index (χ0n) is 11.7. The lowest BCUT2D eigenvalue weighted by atomic mass is 10.1. The van der Waals surface area contributed by atoms with Gasteiger partial charge >= 0.3 is 6.18 Å². The molecule has 0 saturated heterocycles. The Morgan fingerprint density at radius 1 is 0.909 bits per heavy atom. The van der Waals surface area contributed by atoms with Gasteiger partial charge in [0.05, 0.1) is 31.3 Å². The third-order valence-corrected chi connectivity index (χ3v) is 3.20. The van der Waals surface area contributed by atoms with Crippen molar-refractivity contribution in [1.29, 1.82) is 5.26 Å². The van der Waals surface area contributed by atoms with Gasteiger partial charge < -0.3 is 4.74 Å². The molecule has 0 aromatic heterocycles. The van der Waals surface area contributed by atoms with Gasteiger partial charge in [0, 0.05) is 0 Å². The van der Waals surface area contributed by atoms with Crippen LogP contribution in [0.3, 0.4) is 0 Å². The summed E-state index contributed by atoms with van der Waals surface area (Å²) in [5.74, 6) is 0. The minimum absolute atomic E-state index is 0.221. The Bertz CT molecular complexity index is 657. The molecule has 0 N–H and O–H groups in total. The number of nitriles is 1. The largest absolute Gasteiger partial charge is 0.416 e. The molecule has 0 unspecified atom stereocenters. The van der Waals surface area contributed by atoms with Crippen molar-refractivity contribution in [2.45, 2.75) is 25.8 Å². The quantitative estimate of drug-likeness (QED) is 0.815. The maximum atomic E-state index is 12.5. The first-order valence-electron chi connectivity index (χ1n) is 6.68. The van der Waals surface area contributed by atoms with Crippen LogP contribution in [0.5, 0.6) is 0 Å². The average Bonchev–Trinajstić information content (AvgIpc) is 2.49. The molecule has 5 heteroatoms. The summed E-state index contributed by atoms with van der Waals surface area (Å²) in [6, 6.07) is 14.4. The summed E-state index contributed by atoms with van der Waals surface area (Å²) in [6.07, 6.45) is -4.02. The molecule has 2 nitrogen and oxygen atoms in total. The number of hydrogen-bond acceptors (Lipinski definition) is 2. The number of nitrogens with zero attached hydrogens (tertiary/aromatic N) is 1. The van der Waals surface area contributed by atoms with E-state index in [0.717, 1.165) is 23.3 Å². The number of alkyl halides is 3. The van der Waals surface area contributed by atoms with Crippen LogP contribution < -0.4 is 0 Å². The van der Waals surface area contributed by atoms with Crippen molar-refractivity contribution in [3.05, 3.63) is 70.8 Å². The highest BCUT2D eigenvalue weighted by Crippen LogP contribution is 2.29. The summed E-state index contributed by atoms with van der Waals surface area (Å²) < 4.78 is 42.9. The molecule has 0 aliphatic carbocycles. The van der Waals surface area contributed by atoms with Gasteiger partial charge in [-0.15, -0.1) is 0 Å². The van der Waals surface area contributed by atoms with Gasteiger partial charge in [-0.05, 0) is 28.8 Å². The fourth-order valence-electron chi connectivity index (χ4n) is 2.02. The summed E-state index contributed by atoms with van der Waals surface area (Å²) in [4.78, 5) is 0. The first kappa shape index (κ1) is 16.1. The summed E-state index contributed by atoms with van der Waals surface area (Å²) in [6.45, 7) is 0.540. The van der Waals surface area contributed by atoms with E-state index in [1.165, 1.54) is 12.1 Å². The Morgan fingerprint density at radius 2 is 1.55 bits per heavy atom. The van der Waals surface area contributed by atoms with E-state index in [1.807, 2.05) is 24.3 Å². The van der Waals surface area contributed by atoms with E-state index in [9.17, 15) is 13.2 Å². The minimum Gasteiger partial charge on any atom is -0.372 e. The van der Waals surface area contributed by atoms with Crippen molar-refractivity contribution in [3.8, 4) is 6.07 Å². The fourth-order valence-corrected chi connectivity index (χ4v) is 2.02. The normalized spacial score (nSPS) is 11.2. The van der Waals surface area contributed by atoms with Gasteiger partial charge in [0.2, 0.25) is 0 Å². The van der Waals surface area contributed by atoms with Crippen LogP contribution in [0.4, 0.5) is 13.2 Å². The second kappa shape index (κ2) is 7.10. The molecule has 0 radical (unpaired) electrons. The van der Waals surface area contributed by atoms with Crippen LogP contribution in [0.2, 0.25) is 0 Å². The van der Waals surface area contributed by atoms with Gasteiger partial charge in [-0.2, -0.15) is 18.4 Å². The van der Waals surface area contributed by atoms with Gasteiger partial charge in [0.25, 0.3) is 0 Å². The Balaban J connectivity index is 1.93. The molecule has 0 atom stereocenters. The molecule has 0 aliphatic heterocycles. The lowest BCUT2D eigenvalue weighted by Crippen LogP contribution is -2.05. The van der Waals surface area contributed by atoms with Gasteiger partial charge in [-0.3, -0.25) is 0 Å². The second-order valence-electron chi connectivity index (χ2n) is 4.79. The minimum atomic E-state index is -4.32. The number of ether oxygens (including phenoxy) is 1. The van der Waals surface area contributed by atoms with Crippen LogP contribution in [-0.2, 0) is 30.5 Å². The molecule has 0 fully saturated rings. The van der Waals surface area contributed by atoms with E-state index in [0.29, 0.717) is 18.6 Å². The molecular weight excluding hydrogens is 291 g/mol. The molecule has 0 spiro atoms. The van der Waals surface area contributed by atoms with Crippen molar-refractivity contribution in [1.82, 2.24) is 0 Å². The lowest BCUT2D eigenvalue weighted by molar-refractivity contribution is -0.137. The van der Waals surface area contributed by atoms with Crippen LogP contribution in [0.15, 0.2) is 48.5 Å². The van der Waals surface area contributed by atoms with Gasteiger partial charge in [-0.1, -0.05) is 36.4 Å². The highest BCUT2D eigenvalue weighted by molar-refractivity contribution is 5.29. The highest BCUT2D eigenvalue weighted by atomic mass is 19.4. The molecule has 0 heterocycles. The van der Waals surface area contributed by atoms with Crippen molar-refractivity contribution in [2.75, 3.05) is 0 Å². The maximum absolute atomic E-state index is 12.5. The number of halogens is 3. The Morgan fingerprint density at radius 3 is 2.14 bits per heavy atom. The Hall–Kier alpha value is -2.32. The maximum Gasteiger partial charge on any atom is 0.416 e. The SMILES string of the molecule is N#CCc1ccccc1COCc1ccc(C(F)(F)F)cc1. The van der Waals surface area contributed by atoms with Gasteiger partial charge in [-0.25, -0.2) is 0 Å². The monoisotopic (exact) mass is 305 g/mol. The molecule has 114 valence electrons. The van der Waals surface area contributed by atoms with Gasteiger partial charge in [0.1, 0.15) is 0 Å². The first-order chi connectivity index (χ1) is 10.5. The number of benzene rings is 2. The molecule has 2 aromatic carbocycles. The zero-order chi connectivity index (χ0) is 16.0. The third kappa shape index (κ3) is 4.34. The topological polar surface area (TPSA) is 33.0 Å². The third-order valence-electron chi connectivity index (χ3n) is 3.20. The van der Waals surface area contributed by atoms with Gasteiger partial charge in [0.15, 0.2) is 0 Å². The van der Waals surface area contributed by atoms with E-state index in [2.05, 4.69) is 6.07 Å². The molecule has 22 heavy (non-hydrogen) atoms. The number of hydrogen-bond donors (Lipinski definition) is 0. The average molecular weight is 305 g/mol. The molecule has 0 amide bonds. The zero-order valence-corrected chi connectivity index (χ0v) is 11.7. The van der Waals surface area contributed by atoms with E-state index < -0.39 is 11.7 Å². The van der Waals surface area contributed by atoms with Crippen molar-refractivity contribution in [2.24, 2.45) is 0 Å². The van der Waals surface area contributed by atoms with Crippen LogP contribution in [0.1, 0.15) is 22.3 Å². The Labute approximate surface area is 126 Å². The summed E-state index contributed by atoms with van der Waals surface area (Å²) in [5, 5.41) is 8.76. The first-order valence-corrected chi connectivity index (χ1v) is 6.68. The summed E-state index contributed by atoms with van der Waals surface area (Å²) in [7, 11) is 0. The molecule has 0 saturated carbocycles. The molecule has 0 aliphatic rings. The molecule has 0 bridgehead atoms. The number of rotatable bonds is 5. The smallest absolute Gasteiger partial charge is 0.372 e. The van der Waals surface area contributed by atoms with Crippen LogP contribution in [0.25, 0.3) is 0 Å². The lowest BCUT2D eigenvalue weighted by Gasteiger charge is -2.09. The van der Waals surface area contributed by atoms with E-state index >= 15 is 0 Å². The van der Waals surface area contributed by atoms with Crippen molar-refractivity contribution in [3.63, 3.8) is 0 Å². The highest BCUT2D eigenvalue weighted by Gasteiger charge is 2.29. The van der Waals surface area contributed by atoms with E-state index in [4.69, 9.17) is 10.00 Å². The van der Waals surface area contributed by atoms with Crippen molar-refractivity contribution < 1.29 is 17.9 Å². The molecular formula is C17H14F3NO. The standard InChI is InChI=1S/C17H14F3NO/c18-17(19,20)16-7-5-13(6-8-16)11-22-12-15-4-2-1-3-14(15)9-10-21/h1-8H,9,11-12H2. The Kier molecular flexibility index (Phi) is 5.18. The fraction of sp³-hybridized carbons (Fsp3) is 0.235. The van der Waals surface area contributed by atoms with Crippen LogP contribution >= 0.6 is 0 Å². The van der Waals surface area contributed by atoms with E-state index in [1.54, 1.807) is 0 Å². The molecule has 2 rings (SSSR count). The predicted molar refractivity (Wildman–Crippen MR) is 75.7 cm³/mol. The van der Waals surface area contributed by atoms with Crippen molar-refractivity contribution >= 4 is 0 Å².